The van der Waals surface area contributed by atoms with Crippen LogP contribution in [0, 0.1) is 0 Å². The van der Waals surface area contributed by atoms with Crippen LogP contribution in [0.15, 0.2) is 78.9 Å². The maximum absolute atomic E-state index is 13.3. The molecule has 9 heteroatoms. The topological polar surface area (TPSA) is 38.7 Å². The van der Waals surface area contributed by atoms with Crippen molar-refractivity contribution in [2.45, 2.75) is 49.6 Å². The highest BCUT2D eigenvalue weighted by Crippen LogP contribution is 2.47. The van der Waals surface area contributed by atoms with E-state index in [1.807, 2.05) is 30.3 Å². The Kier molecular flexibility index (Phi) is 7.19. The molecule has 1 unspecified atom stereocenters. The molecule has 1 aliphatic rings. The van der Waals surface area contributed by atoms with Crippen molar-refractivity contribution >= 4 is 0 Å². The minimum absolute atomic E-state index is 0.0840. The number of hydrogen-bond acceptors (Lipinski definition) is 3. The summed E-state index contributed by atoms with van der Waals surface area (Å²) in [6.45, 7) is 1.19. The Balaban J connectivity index is 1.64. The molecule has 36 heavy (non-hydrogen) atoms. The molecule has 0 bridgehead atoms. The summed E-state index contributed by atoms with van der Waals surface area (Å²) < 4.78 is 91.6. The minimum Gasteiger partial charge on any atom is -0.373 e. The van der Waals surface area contributed by atoms with Crippen molar-refractivity contribution in [2.75, 3.05) is 6.61 Å². The fourth-order valence-corrected chi connectivity index (χ4v) is 4.46. The summed E-state index contributed by atoms with van der Waals surface area (Å²) in [6, 6.07) is 19.5. The number of halogens is 6. The van der Waals surface area contributed by atoms with Gasteiger partial charge in [-0.2, -0.15) is 26.3 Å². The molecule has 1 aliphatic heterocycles. The van der Waals surface area contributed by atoms with Crippen LogP contribution in [0.4, 0.5) is 26.3 Å². The van der Waals surface area contributed by atoms with E-state index in [0.717, 1.165) is 5.56 Å². The molecular weight excluding hydrogens is 486 g/mol. The van der Waals surface area contributed by atoms with Gasteiger partial charge in [-0.15, -0.1) is 0 Å². The van der Waals surface area contributed by atoms with Crippen molar-refractivity contribution < 1.29 is 40.9 Å². The van der Waals surface area contributed by atoms with E-state index < -0.39 is 47.4 Å². The van der Waals surface area contributed by atoms with E-state index >= 15 is 0 Å². The fraction of sp³-hybridized carbons (Fsp3) is 0.333. The first-order valence-corrected chi connectivity index (χ1v) is 11.3. The number of benzene rings is 3. The van der Waals surface area contributed by atoms with E-state index in [2.05, 4.69) is 0 Å². The second-order valence-electron chi connectivity index (χ2n) is 8.91. The van der Waals surface area contributed by atoms with Crippen LogP contribution in [0.2, 0.25) is 0 Å². The van der Waals surface area contributed by atoms with Gasteiger partial charge in [0.15, 0.2) is 6.29 Å². The molecule has 1 saturated heterocycles. The van der Waals surface area contributed by atoms with Crippen LogP contribution in [0.25, 0.3) is 0 Å². The summed E-state index contributed by atoms with van der Waals surface area (Å²) in [6.07, 6.45) is -12.5. The summed E-state index contributed by atoms with van der Waals surface area (Å²) in [5, 5.41) is 11.0. The van der Waals surface area contributed by atoms with Crippen molar-refractivity contribution in [1.29, 1.82) is 0 Å². The van der Waals surface area contributed by atoms with Gasteiger partial charge in [-0.3, -0.25) is 0 Å². The van der Waals surface area contributed by atoms with Crippen LogP contribution in [0.5, 0.6) is 0 Å². The van der Waals surface area contributed by atoms with E-state index in [1.54, 1.807) is 30.3 Å². The Morgan fingerprint density at radius 2 is 1.42 bits per heavy atom. The molecule has 192 valence electrons. The molecule has 1 fully saturated rings. The second kappa shape index (κ2) is 9.88. The van der Waals surface area contributed by atoms with Gasteiger partial charge in [0, 0.05) is 0 Å². The van der Waals surface area contributed by atoms with Crippen molar-refractivity contribution in [3.63, 3.8) is 0 Å². The first-order chi connectivity index (χ1) is 16.9. The molecule has 0 spiro atoms. The first-order valence-electron chi connectivity index (χ1n) is 11.3. The quantitative estimate of drug-likeness (QED) is 0.356. The third-order valence-electron chi connectivity index (χ3n) is 6.51. The van der Waals surface area contributed by atoms with E-state index in [4.69, 9.17) is 9.47 Å². The standard InChI is InChI=1S/C27H24F6O3/c1-17(19-12-21(26(28,29)30)14-22(13-19)27(31,32)33)35-16-25(20-10-6-3-7-11-20)15-23(36-24(25)34)18-8-4-2-5-9-18/h2-14,17,23-24,34H,15-16H2,1H3/t17-,23+,24?,25+/m1/s1. The molecular formula is C27H24F6O3. The number of aliphatic hydroxyl groups is 1. The number of rotatable bonds is 6. The SMILES string of the molecule is C[C@@H](OC[C@]1(c2ccccc2)C[C@@H](c2ccccc2)OC1O)c1cc(C(F)(F)F)cc(C(F)(F)F)c1. The Morgan fingerprint density at radius 3 is 1.94 bits per heavy atom. The second-order valence-corrected chi connectivity index (χ2v) is 8.91. The minimum atomic E-state index is -4.96. The van der Waals surface area contributed by atoms with Gasteiger partial charge in [-0.1, -0.05) is 60.7 Å². The van der Waals surface area contributed by atoms with Crippen LogP contribution in [0.1, 0.15) is 53.4 Å². The van der Waals surface area contributed by atoms with E-state index in [9.17, 15) is 31.4 Å². The highest BCUT2D eigenvalue weighted by Gasteiger charge is 2.50. The lowest BCUT2D eigenvalue weighted by atomic mass is 9.77. The van der Waals surface area contributed by atoms with Gasteiger partial charge in [-0.05, 0) is 48.2 Å². The Bertz CT molecular complexity index is 1130. The highest BCUT2D eigenvalue weighted by atomic mass is 19.4. The van der Waals surface area contributed by atoms with Gasteiger partial charge in [0.1, 0.15) is 0 Å². The lowest BCUT2D eigenvalue weighted by molar-refractivity contribution is -0.143. The summed E-state index contributed by atoms with van der Waals surface area (Å²) in [5.74, 6) is 0. The molecule has 3 nitrogen and oxygen atoms in total. The summed E-state index contributed by atoms with van der Waals surface area (Å²) in [5.41, 5.74) is -2.67. The van der Waals surface area contributed by atoms with Gasteiger partial charge < -0.3 is 14.6 Å². The number of ether oxygens (including phenoxy) is 2. The van der Waals surface area contributed by atoms with Gasteiger partial charge in [0.25, 0.3) is 0 Å². The lowest BCUT2D eigenvalue weighted by Gasteiger charge is -2.33. The van der Waals surface area contributed by atoms with Crippen molar-refractivity contribution in [3.8, 4) is 0 Å². The summed E-state index contributed by atoms with van der Waals surface area (Å²) >= 11 is 0. The fourth-order valence-electron chi connectivity index (χ4n) is 4.46. The molecule has 3 aromatic carbocycles. The molecule has 0 amide bonds. The maximum Gasteiger partial charge on any atom is 0.416 e. The summed E-state index contributed by atoms with van der Waals surface area (Å²) in [4.78, 5) is 0. The number of alkyl halides is 6. The molecule has 0 radical (unpaired) electrons. The Hall–Kier alpha value is -2.88. The van der Waals surface area contributed by atoms with Crippen LogP contribution >= 0.6 is 0 Å². The lowest BCUT2D eigenvalue weighted by Crippen LogP contribution is -2.40. The Labute approximate surface area is 204 Å². The largest absolute Gasteiger partial charge is 0.416 e. The third-order valence-corrected chi connectivity index (χ3v) is 6.51. The zero-order chi connectivity index (χ0) is 26.1. The van der Waals surface area contributed by atoms with Gasteiger partial charge >= 0.3 is 12.4 Å². The van der Waals surface area contributed by atoms with Crippen LogP contribution in [0.3, 0.4) is 0 Å². The normalized spacial score (nSPS) is 23.6. The molecule has 1 heterocycles. The third kappa shape index (κ3) is 5.43. The average Bonchev–Trinajstić information content (AvgIpc) is 3.19. The molecule has 4 rings (SSSR count). The van der Waals surface area contributed by atoms with E-state index in [1.165, 1.54) is 6.92 Å². The number of aliphatic hydroxyl groups excluding tert-OH is 1. The van der Waals surface area contributed by atoms with Gasteiger partial charge in [0.2, 0.25) is 0 Å². The smallest absolute Gasteiger partial charge is 0.373 e. The maximum atomic E-state index is 13.3. The van der Waals surface area contributed by atoms with Crippen molar-refractivity contribution in [2.24, 2.45) is 0 Å². The predicted molar refractivity (Wildman–Crippen MR) is 120 cm³/mol. The van der Waals surface area contributed by atoms with Gasteiger partial charge in [0.05, 0.1) is 35.4 Å². The van der Waals surface area contributed by atoms with Crippen molar-refractivity contribution in [3.05, 3.63) is 107 Å². The molecule has 0 aliphatic carbocycles. The van der Waals surface area contributed by atoms with Gasteiger partial charge in [-0.25, -0.2) is 0 Å². The Morgan fingerprint density at radius 1 is 0.889 bits per heavy atom. The van der Waals surface area contributed by atoms with Crippen LogP contribution < -0.4 is 0 Å². The van der Waals surface area contributed by atoms with Crippen LogP contribution in [-0.2, 0) is 27.2 Å². The average molecular weight is 510 g/mol. The van der Waals surface area contributed by atoms with Crippen molar-refractivity contribution in [1.82, 2.24) is 0 Å². The zero-order valence-electron chi connectivity index (χ0n) is 19.2. The summed E-state index contributed by atoms with van der Waals surface area (Å²) in [7, 11) is 0. The molecule has 0 aromatic heterocycles. The predicted octanol–water partition coefficient (Wildman–Crippen LogP) is 7.22. The molecule has 3 aromatic rings. The van der Waals surface area contributed by atoms with E-state index in [0.29, 0.717) is 24.1 Å². The molecule has 0 saturated carbocycles. The zero-order valence-corrected chi connectivity index (χ0v) is 19.2. The highest BCUT2D eigenvalue weighted by molar-refractivity contribution is 5.35. The number of hydrogen-bond donors (Lipinski definition) is 1. The van der Waals surface area contributed by atoms with E-state index in [-0.39, 0.29) is 18.2 Å². The van der Waals surface area contributed by atoms with Crippen LogP contribution in [-0.4, -0.2) is 18.0 Å². The first kappa shape index (κ1) is 26.2. The molecule has 4 atom stereocenters. The monoisotopic (exact) mass is 510 g/mol. The molecule has 1 N–H and O–H groups in total.